The predicted octanol–water partition coefficient (Wildman–Crippen LogP) is 1.88. The fourth-order valence-corrected chi connectivity index (χ4v) is 3.26. The number of guanidine groups is 1. The molecule has 1 amide bonds. The van der Waals surface area contributed by atoms with Gasteiger partial charge >= 0.3 is 0 Å². The highest BCUT2D eigenvalue weighted by atomic mass is 16.1. The van der Waals surface area contributed by atoms with Crippen molar-refractivity contribution in [1.29, 1.82) is 0 Å². The number of carbonyl (C=O) groups is 1. The van der Waals surface area contributed by atoms with Crippen LogP contribution in [0.1, 0.15) is 18.9 Å². The van der Waals surface area contributed by atoms with Crippen LogP contribution in [0.2, 0.25) is 0 Å². The maximum Gasteiger partial charge on any atom is 0.222 e. The summed E-state index contributed by atoms with van der Waals surface area (Å²) in [6.07, 6.45) is 2.21. The molecule has 0 aliphatic carbocycles. The molecule has 0 radical (unpaired) electrons. The van der Waals surface area contributed by atoms with Crippen LogP contribution >= 0.6 is 0 Å². The third kappa shape index (κ3) is 6.48. The number of carbonyl (C=O) groups excluding carboxylic acids is 1. The van der Waals surface area contributed by atoms with E-state index in [9.17, 15) is 4.79 Å². The third-order valence-electron chi connectivity index (χ3n) is 4.82. The standard InChI is InChI=1S/C22H30N6O/c1-2-23-22(25-13-11-21(29)26-18-19-8-4-3-5-9-19)28-16-14-27(15-17-28)20-10-6-7-12-24-20/h3-10,12H,2,11,13-18H2,1H3,(H,23,25)(H,26,29). The van der Waals surface area contributed by atoms with E-state index in [0.717, 1.165) is 50.1 Å². The first kappa shape index (κ1) is 20.6. The lowest BCUT2D eigenvalue weighted by atomic mass is 10.2. The zero-order valence-corrected chi connectivity index (χ0v) is 17.1. The van der Waals surface area contributed by atoms with Crippen molar-refractivity contribution in [2.45, 2.75) is 19.9 Å². The van der Waals surface area contributed by atoms with E-state index in [-0.39, 0.29) is 5.91 Å². The topological polar surface area (TPSA) is 72.9 Å². The SMILES string of the molecule is CCNC(=NCCC(=O)NCc1ccccc1)N1CCN(c2ccccn2)CC1. The molecule has 2 N–H and O–H groups in total. The van der Waals surface area contributed by atoms with Crippen LogP contribution < -0.4 is 15.5 Å². The third-order valence-corrected chi connectivity index (χ3v) is 4.82. The van der Waals surface area contributed by atoms with E-state index in [1.807, 2.05) is 54.7 Å². The zero-order valence-electron chi connectivity index (χ0n) is 17.1. The van der Waals surface area contributed by atoms with E-state index < -0.39 is 0 Å². The van der Waals surface area contributed by atoms with Crippen molar-refractivity contribution in [3.63, 3.8) is 0 Å². The molecule has 2 heterocycles. The number of nitrogens with zero attached hydrogens (tertiary/aromatic N) is 4. The minimum Gasteiger partial charge on any atom is -0.357 e. The maximum atomic E-state index is 12.1. The molecule has 2 aromatic rings. The molecule has 3 rings (SSSR count). The van der Waals surface area contributed by atoms with Crippen molar-refractivity contribution in [2.24, 2.45) is 4.99 Å². The Kier molecular flexibility index (Phi) is 7.86. The van der Waals surface area contributed by atoms with Crippen LogP contribution in [-0.2, 0) is 11.3 Å². The molecular weight excluding hydrogens is 364 g/mol. The summed E-state index contributed by atoms with van der Waals surface area (Å²) in [6, 6.07) is 15.9. The highest BCUT2D eigenvalue weighted by Gasteiger charge is 2.20. The maximum absolute atomic E-state index is 12.1. The molecule has 1 aliphatic heterocycles. The van der Waals surface area contributed by atoms with E-state index >= 15 is 0 Å². The monoisotopic (exact) mass is 394 g/mol. The molecule has 1 aromatic heterocycles. The van der Waals surface area contributed by atoms with Gasteiger partial charge in [-0.1, -0.05) is 36.4 Å². The first-order valence-corrected chi connectivity index (χ1v) is 10.3. The number of hydrogen-bond acceptors (Lipinski definition) is 4. The van der Waals surface area contributed by atoms with Crippen LogP contribution in [0.5, 0.6) is 0 Å². The number of piperazine rings is 1. The molecule has 1 aromatic carbocycles. The smallest absolute Gasteiger partial charge is 0.222 e. The number of benzene rings is 1. The molecule has 154 valence electrons. The number of nitrogens with one attached hydrogen (secondary N) is 2. The molecule has 7 heteroatoms. The van der Waals surface area contributed by atoms with E-state index in [1.165, 1.54) is 0 Å². The van der Waals surface area contributed by atoms with Crippen molar-refractivity contribution in [1.82, 2.24) is 20.5 Å². The Morgan fingerprint density at radius 2 is 1.79 bits per heavy atom. The van der Waals surface area contributed by atoms with Gasteiger partial charge in [0.05, 0.1) is 6.54 Å². The molecule has 0 spiro atoms. The van der Waals surface area contributed by atoms with Gasteiger partial charge in [0.25, 0.3) is 0 Å². The van der Waals surface area contributed by atoms with Gasteiger partial charge in [0.1, 0.15) is 5.82 Å². The number of hydrogen-bond donors (Lipinski definition) is 2. The number of aliphatic imine (C=N–C) groups is 1. The largest absolute Gasteiger partial charge is 0.357 e. The van der Waals surface area contributed by atoms with Gasteiger partial charge in [-0.15, -0.1) is 0 Å². The minimum absolute atomic E-state index is 0.0217. The Bertz CT molecular complexity index is 772. The Balaban J connectivity index is 1.45. The van der Waals surface area contributed by atoms with E-state index in [1.54, 1.807) is 0 Å². The first-order chi connectivity index (χ1) is 14.3. The van der Waals surface area contributed by atoms with Gasteiger partial charge in [-0.3, -0.25) is 9.79 Å². The van der Waals surface area contributed by atoms with Crippen molar-refractivity contribution >= 4 is 17.7 Å². The van der Waals surface area contributed by atoms with Crippen molar-refractivity contribution in [3.8, 4) is 0 Å². The molecular formula is C22H30N6O. The quantitative estimate of drug-likeness (QED) is 0.554. The van der Waals surface area contributed by atoms with Gasteiger partial charge in [0.15, 0.2) is 5.96 Å². The fraction of sp³-hybridized carbons (Fsp3) is 0.409. The molecule has 0 atom stereocenters. The molecule has 0 unspecified atom stereocenters. The summed E-state index contributed by atoms with van der Waals surface area (Å²) in [7, 11) is 0. The van der Waals surface area contributed by atoms with E-state index in [2.05, 4.69) is 37.3 Å². The summed E-state index contributed by atoms with van der Waals surface area (Å²) >= 11 is 0. The summed E-state index contributed by atoms with van der Waals surface area (Å²) in [5.74, 6) is 1.92. The highest BCUT2D eigenvalue weighted by molar-refractivity contribution is 5.81. The lowest BCUT2D eigenvalue weighted by Gasteiger charge is -2.37. The Morgan fingerprint density at radius 3 is 2.48 bits per heavy atom. The summed E-state index contributed by atoms with van der Waals surface area (Å²) in [5.41, 5.74) is 1.10. The predicted molar refractivity (Wildman–Crippen MR) is 117 cm³/mol. The van der Waals surface area contributed by atoms with Crippen molar-refractivity contribution < 1.29 is 4.79 Å². The van der Waals surface area contributed by atoms with Gasteiger partial charge in [0.2, 0.25) is 5.91 Å². The second-order valence-electron chi connectivity index (χ2n) is 6.91. The Hall–Kier alpha value is -3.09. The van der Waals surface area contributed by atoms with Gasteiger partial charge in [-0.25, -0.2) is 4.98 Å². The van der Waals surface area contributed by atoms with E-state index in [0.29, 0.717) is 19.5 Å². The molecule has 1 saturated heterocycles. The van der Waals surface area contributed by atoms with Crippen LogP contribution in [0.15, 0.2) is 59.7 Å². The lowest BCUT2D eigenvalue weighted by molar-refractivity contribution is -0.121. The zero-order chi connectivity index (χ0) is 20.3. The van der Waals surface area contributed by atoms with Gasteiger partial charge in [-0.2, -0.15) is 0 Å². The number of rotatable bonds is 7. The van der Waals surface area contributed by atoms with Crippen molar-refractivity contribution in [2.75, 3.05) is 44.2 Å². The lowest BCUT2D eigenvalue weighted by Crippen LogP contribution is -2.52. The summed E-state index contributed by atoms with van der Waals surface area (Å²) in [5, 5.41) is 6.30. The van der Waals surface area contributed by atoms with Gasteiger partial charge < -0.3 is 20.4 Å². The molecule has 0 saturated carbocycles. The van der Waals surface area contributed by atoms with Crippen LogP contribution in [0.3, 0.4) is 0 Å². The average molecular weight is 395 g/mol. The van der Waals surface area contributed by atoms with Crippen LogP contribution in [0.4, 0.5) is 5.82 Å². The van der Waals surface area contributed by atoms with Gasteiger partial charge in [0, 0.05) is 51.9 Å². The number of pyridine rings is 1. The Labute approximate surface area is 172 Å². The summed E-state index contributed by atoms with van der Waals surface area (Å²) in [4.78, 5) is 25.7. The number of anilines is 1. The van der Waals surface area contributed by atoms with E-state index in [4.69, 9.17) is 0 Å². The van der Waals surface area contributed by atoms with Gasteiger partial charge in [-0.05, 0) is 24.6 Å². The number of aromatic nitrogens is 1. The van der Waals surface area contributed by atoms with Crippen LogP contribution in [0, 0.1) is 0 Å². The second kappa shape index (κ2) is 11.0. The van der Waals surface area contributed by atoms with Crippen LogP contribution in [0.25, 0.3) is 0 Å². The second-order valence-corrected chi connectivity index (χ2v) is 6.91. The fourth-order valence-electron chi connectivity index (χ4n) is 3.26. The molecule has 1 aliphatic rings. The molecule has 29 heavy (non-hydrogen) atoms. The summed E-state index contributed by atoms with van der Waals surface area (Å²) in [6.45, 7) is 7.46. The van der Waals surface area contributed by atoms with Crippen molar-refractivity contribution in [3.05, 3.63) is 60.3 Å². The average Bonchev–Trinajstić information content (AvgIpc) is 2.78. The molecule has 1 fully saturated rings. The minimum atomic E-state index is 0.0217. The Morgan fingerprint density at radius 1 is 1.03 bits per heavy atom. The summed E-state index contributed by atoms with van der Waals surface area (Å²) < 4.78 is 0. The van der Waals surface area contributed by atoms with Crippen LogP contribution in [-0.4, -0.2) is 61.0 Å². The molecule has 7 nitrogen and oxygen atoms in total. The number of amides is 1. The normalized spacial score (nSPS) is 14.6. The molecule has 0 bridgehead atoms. The first-order valence-electron chi connectivity index (χ1n) is 10.3. The highest BCUT2D eigenvalue weighted by Crippen LogP contribution is 2.12.